The van der Waals surface area contributed by atoms with E-state index in [4.69, 9.17) is 13.9 Å². The normalized spacial score (nSPS) is 13.5. The summed E-state index contributed by atoms with van der Waals surface area (Å²) < 4.78 is 57.4. The number of rotatable bonds is 9. The molecular weight excluding hydrogens is 447 g/mol. The van der Waals surface area contributed by atoms with Crippen molar-refractivity contribution >= 4 is 16.9 Å². The Kier molecular flexibility index (Phi) is 7.38. The predicted molar refractivity (Wildman–Crippen MR) is 124 cm³/mol. The van der Waals surface area contributed by atoms with Crippen LogP contribution in [0.3, 0.4) is 0 Å². The maximum atomic E-state index is 13.7. The van der Waals surface area contributed by atoms with Crippen LogP contribution in [0.2, 0.25) is 0 Å². The zero-order chi connectivity index (χ0) is 25.1. The van der Waals surface area contributed by atoms with Gasteiger partial charge in [0.1, 0.15) is 35.7 Å². The van der Waals surface area contributed by atoms with E-state index in [0.29, 0.717) is 11.3 Å². The molecule has 1 unspecified atom stereocenters. The Bertz CT molecular complexity index is 1200. The fraction of sp³-hybridized carbons (Fsp3) is 0.385. The molecule has 1 aromatic carbocycles. The number of aromatic nitrogens is 1. The van der Waals surface area contributed by atoms with Crippen LogP contribution in [0.4, 0.5) is 13.2 Å². The molecule has 0 radical (unpaired) electrons. The van der Waals surface area contributed by atoms with E-state index in [1.54, 1.807) is 18.2 Å². The second kappa shape index (κ2) is 9.91. The molecule has 0 bridgehead atoms. The van der Waals surface area contributed by atoms with Crippen LogP contribution < -0.4 is 4.74 Å². The number of carbonyl (C=O) groups excluding carboxylic acids is 1. The first-order valence-corrected chi connectivity index (χ1v) is 11.0. The Morgan fingerprint density at radius 2 is 1.82 bits per heavy atom. The smallest absolute Gasteiger partial charge is 0.400 e. The third-order valence-electron chi connectivity index (χ3n) is 5.60. The first-order valence-electron chi connectivity index (χ1n) is 11.0. The van der Waals surface area contributed by atoms with Crippen molar-refractivity contribution in [3.05, 3.63) is 59.9 Å². The van der Waals surface area contributed by atoms with Gasteiger partial charge in [-0.25, -0.2) is 4.79 Å². The molecule has 0 N–H and O–H groups in total. The van der Waals surface area contributed by atoms with Crippen LogP contribution in [0.25, 0.3) is 22.3 Å². The summed E-state index contributed by atoms with van der Waals surface area (Å²) in [6, 6.07) is 10.7. The Morgan fingerprint density at radius 1 is 1.09 bits per heavy atom. The van der Waals surface area contributed by atoms with Crippen molar-refractivity contribution in [2.45, 2.75) is 46.7 Å². The molecule has 1 atom stereocenters. The quantitative estimate of drug-likeness (QED) is 0.255. The minimum Gasteiger partial charge on any atom is -0.492 e. The summed E-state index contributed by atoms with van der Waals surface area (Å²) in [5.74, 6) is -0.0378. The van der Waals surface area contributed by atoms with Crippen LogP contribution in [-0.2, 0) is 22.4 Å². The molecule has 0 aliphatic carbocycles. The predicted octanol–water partition coefficient (Wildman–Crippen LogP) is 6.69. The van der Waals surface area contributed by atoms with E-state index in [1.807, 2.05) is 32.0 Å². The molecule has 5 nitrogen and oxygen atoms in total. The SMILES string of the molecule is C=C(C)C(=O)OCC(C)(COc1ccc2cc(-c3ccc(CC)nc3CC)oc2c1)C(F)(F)F. The number of alkyl halides is 3. The minimum atomic E-state index is -4.65. The van der Waals surface area contributed by atoms with E-state index in [-0.39, 0.29) is 11.3 Å². The van der Waals surface area contributed by atoms with E-state index in [9.17, 15) is 18.0 Å². The average Bonchev–Trinajstić information content (AvgIpc) is 3.23. The van der Waals surface area contributed by atoms with Gasteiger partial charge in [-0.2, -0.15) is 13.2 Å². The lowest BCUT2D eigenvalue weighted by Gasteiger charge is -2.31. The van der Waals surface area contributed by atoms with Crippen LogP contribution in [0, 0.1) is 5.41 Å². The van der Waals surface area contributed by atoms with Gasteiger partial charge in [-0.3, -0.25) is 4.98 Å². The fourth-order valence-corrected chi connectivity index (χ4v) is 3.27. The number of hydrogen-bond donors (Lipinski definition) is 0. The zero-order valence-corrected chi connectivity index (χ0v) is 19.7. The first-order chi connectivity index (χ1) is 16.0. The average molecular weight is 476 g/mol. The summed E-state index contributed by atoms with van der Waals surface area (Å²) in [4.78, 5) is 16.3. The largest absolute Gasteiger partial charge is 0.492 e. The summed E-state index contributed by atoms with van der Waals surface area (Å²) in [5, 5.41) is 0.790. The molecule has 34 heavy (non-hydrogen) atoms. The molecule has 0 amide bonds. The maximum Gasteiger partial charge on any atom is 0.400 e. The molecule has 0 saturated carbocycles. The molecular formula is C26H28F3NO4. The summed E-state index contributed by atoms with van der Waals surface area (Å²) in [6.45, 7) is 8.14. The molecule has 3 aromatic rings. The molecule has 0 aliphatic rings. The second-order valence-corrected chi connectivity index (χ2v) is 8.52. The van der Waals surface area contributed by atoms with E-state index in [0.717, 1.165) is 42.1 Å². The van der Waals surface area contributed by atoms with Gasteiger partial charge < -0.3 is 13.9 Å². The Morgan fingerprint density at radius 3 is 2.44 bits per heavy atom. The van der Waals surface area contributed by atoms with Crippen molar-refractivity contribution in [1.29, 1.82) is 0 Å². The van der Waals surface area contributed by atoms with Gasteiger partial charge in [-0.1, -0.05) is 20.4 Å². The minimum absolute atomic E-state index is 0.0234. The van der Waals surface area contributed by atoms with Crippen molar-refractivity contribution in [2.24, 2.45) is 5.41 Å². The number of aryl methyl sites for hydroxylation is 2. The summed E-state index contributed by atoms with van der Waals surface area (Å²) in [5.41, 5.74) is 0.896. The molecule has 3 rings (SSSR count). The van der Waals surface area contributed by atoms with Gasteiger partial charge in [0.25, 0.3) is 0 Å². The Hall–Kier alpha value is -3.29. The van der Waals surface area contributed by atoms with E-state index < -0.39 is 30.8 Å². The van der Waals surface area contributed by atoms with Gasteiger partial charge in [0.05, 0.1) is 5.69 Å². The maximum absolute atomic E-state index is 13.7. The van der Waals surface area contributed by atoms with Gasteiger partial charge in [-0.15, -0.1) is 0 Å². The number of furan rings is 1. The number of hydrogen-bond acceptors (Lipinski definition) is 5. The summed E-state index contributed by atoms with van der Waals surface area (Å²) in [6.07, 6.45) is -3.09. The van der Waals surface area contributed by atoms with Gasteiger partial charge in [0.15, 0.2) is 0 Å². The van der Waals surface area contributed by atoms with Crippen molar-refractivity contribution in [3.8, 4) is 17.1 Å². The van der Waals surface area contributed by atoms with Crippen LogP contribution >= 0.6 is 0 Å². The van der Waals surface area contributed by atoms with Gasteiger partial charge in [-0.05, 0) is 57.0 Å². The number of benzene rings is 1. The number of pyridine rings is 1. The van der Waals surface area contributed by atoms with Crippen molar-refractivity contribution in [3.63, 3.8) is 0 Å². The third-order valence-corrected chi connectivity index (χ3v) is 5.60. The number of nitrogens with zero attached hydrogens (tertiary/aromatic N) is 1. The highest BCUT2D eigenvalue weighted by Crippen LogP contribution is 2.39. The zero-order valence-electron chi connectivity index (χ0n) is 19.7. The van der Waals surface area contributed by atoms with Gasteiger partial charge in [0.2, 0.25) is 0 Å². The van der Waals surface area contributed by atoms with E-state index >= 15 is 0 Å². The van der Waals surface area contributed by atoms with Crippen molar-refractivity contribution in [2.75, 3.05) is 13.2 Å². The Balaban J connectivity index is 1.82. The van der Waals surface area contributed by atoms with Crippen molar-refractivity contribution < 1.29 is 31.9 Å². The monoisotopic (exact) mass is 475 g/mol. The first kappa shape index (κ1) is 25.3. The lowest BCUT2D eigenvalue weighted by Crippen LogP contribution is -2.44. The third kappa shape index (κ3) is 5.43. The van der Waals surface area contributed by atoms with Crippen LogP contribution in [-0.4, -0.2) is 30.3 Å². The lowest BCUT2D eigenvalue weighted by molar-refractivity contribution is -0.240. The fourth-order valence-electron chi connectivity index (χ4n) is 3.27. The molecule has 0 fully saturated rings. The standard InChI is InChI=1S/C26H28F3NO4/c1-6-18-9-11-20(21(7-2)30-18)23-12-17-8-10-19(13-22(17)34-23)32-14-25(5,26(27,28)29)15-33-24(31)16(3)4/h8-13H,3,6-7,14-15H2,1-2,4-5H3. The molecule has 0 saturated heterocycles. The molecule has 0 spiro atoms. The molecule has 2 aromatic heterocycles. The highest BCUT2D eigenvalue weighted by atomic mass is 19.4. The van der Waals surface area contributed by atoms with E-state index in [2.05, 4.69) is 11.6 Å². The molecule has 2 heterocycles. The highest BCUT2D eigenvalue weighted by Gasteiger charge is 2.53. The topological polar surface area (TPSA) is 61.6 Å². The van der Waals surface area contributed by atoms with Gasteiger partial charge in [0, 0.05) is 28.3 Å². The van der Waals surface area contributed by atoms with Crippen LogP contribution in [0.1, 0.15) is 39.1 Å². The second-order valence-electron chi connectivity index (χ2n) is 8.52. The van der Waals surface area contributed by atoms with E-state index in [1.165, 1.54) is 6.92 Å². The molecule has 0 aliphatic heterocycles. The van der Waals surface area contributed by atoms with Crippen LogP contribution in [0.5, 0.6) is 5.75 Å². The Labute approximate surface area is 196 Å². The summed E-state index contributed by atoms with van der Waals surface area (Å²) in [7, 11) is 0. The van der Waals surface area contributed by atoms with Crippen molar-refractivity contribution in [1.82, 2.24) is 4.98 Å². The number of esters is 1. The molecule has 8 heteroatoms. The molecule has 182 valence electrons. The van der Waals surface area contributed by atoms with Gasteiger partial charge >= 0.3 is 12.1 Å². The number of fused-ring (bicyclic) bond motifs is 1. The van der Waals surface area contributed by atoms with Crippen LogP contribution in [0.15, 0.2) is 53.0 Å². The number of halogens is 3. The highest BCUT2D eigenvalue weighted by molar-refractivity contribution is 5.87. The number of ether oxygens (including phenoxy) is 2. The lowest BCUT2D eigenvalue weighted by atomic mass is 9.92. The summed E-state index contributed by atoms with van der Waals surface area (Å²) >= 11 is 0. The number of carbonyl (C=O) groups is 1.